The summed E-state index contributed by atoms with van der Waals surface area (Å²) in [5.41, 5.74) is 1.33. The lowest BCUT2D eigenvalue weighted by Crippen LogP contribution is -1.83. The molecule has 0 aliphatic heterocycles. The molecule has 0 spiro atoms. The Morgan fingerprint density at radius 3 is 2.20 bits per heavy atom. The molecule has 1 aromatic rings. The first-order valence-electron chi connectivity index (χ1n) is 3.21. The average molecular weight is 170 g/mol. The van der Waals surface area contributed by atoms with Gasteiger partial charge in [-0.2, -0.15) is 12.6 Å². The van der Waals surface area contributed by atoms with E-state index in [1.54, 1.807) is 0 Å². The van der Waals surface area contributed by atoms with E-state index in [1.165, 1.54) is 5.56 Å². The first-order valence-corrected chi connectivity index (χ1v) is 4.29. The zero-order valence-electron chi connectivity index (χ0n) is 5.62. The lowest BCUT2D eigenvalue weighted by atomic mass is 10.2. The Kier molecular flexibility index (Phi) is 3.16. The van der Waals surface area contributed by atoms with E-state index in [2.05, 4.69) is 37.4 Å². The van der Waals surface area contributed by atoms with Crippen LogP contribution < -0.4 is 0 Å². The molecular weight excluding hydrogens is 160 g/mol. The minimum absolute atomic E-state index is 0.909. The van der Waals surface area contributed by atoms with Crippen molar-refractivity contribution >= 4 is 25.3 Å². The van der Waals surface area contributed by atoms with Gasteiger partial charge in [0.05, 0.1) is 0 Å². The Morgan fingerprint density at radius 2 is 1.70 bits per heavy atom. The maximum absolute atomic E-state index is 4.18. The standard InChI is InChI=1S/C8H10S2/c9-6-5-7-1-3-8(10)4-2-7/h1-4,9-10H,5-6H2. The monoisotopic (exact) mass is 170 g/mol. The third-order valence-corrected chi connectivity index (χ3v) is 1.86. The molecule has 0 aliphatic carbocycles. The Bertz CT molecular complexity index is 191. The number of rotatable bonds is 2. The smallest absolute Gasteiger partial charge is 0.00401 e. The third kappa shape index (κ3) is 2.27. The van der Waals surface area contributed by atoms with E-state index < -0.39 is 0 Å². The second-order valence-corrected chi connectivity index (χ2v) is 3.10. The number of thiol groups is 2. The van der Waals surface area contributed by atoms with Crippen LogP contribution >= 0.6 is 25.3 Å². The molecule has 0 heterocycles. The fourth-order valence-electron chi connectivity index (χ4n) is 0.792. The molecule has 0 saturated heterocycles. The maximum atomic E-state index is 4.18. The van der Waals surface area contributed by atoms with Crippen LogP contribution in [0, 0.1) is 0 Å². The fraction of sp³-hybridized carbons (Fsp3) is 0.250. The quantitative estimate of drug-likeness (QED) is 0.626. The van der Waals surface area contributed by atoms with E-state index in [0.717, 1.165) is 17.1 Å². The summed E-state index contributed by atoms with van der Waals surface area (Å²) in [6.45, 7) is 0. The summed E-state index contributed by atoms with van der Waals surface area (Å²) in [4.78, 5) is 1.02. The topological polar surface area (TPSA) is 0 Å². The van der Waals surface area contributed by atoms with Crippen LogP contribution in [0.5, 0.6) is 0 Å². The van der Waals surface area contributed by atoms with Crippen LogP contribution in [0.15, 0.2) is 29.2 Å². The second-order valence-electron chi connectivity index (χ2n) is 2.14. The van der Waals surface area contributed by atoms with Crippen LogP contribution in [-0.2, 0) is 6.42 Å². The molecule has 0 aromatic heterocycles. The fourth-order valence-corrected chi connectivity index (χ4v) is 1.20. The van der Waals surface area contributed by atoms with Crippen molar-refractivity contribution in [2.24, 2.45) is 0 Å². The van der Waals surface area contributed by atoms with Gasteiger partial charge in [0.2, 0.25) is 0 Å². The van der Waals surface area contributed by atoms with Gasteiger partial charge in [-0.25, -0.2) is 0 Å². The predicted octanol–water partition coefficient (Wildman–Crippen LogP) is 2.45. The number of hydrogen-bond donors (Lipinski definition) is 2. The van der Waals surface area contributed by atoms with Gasteiger partial charge in [-0.1, -0.05) is 12.1 Å². The number of aryl methyl sites for hydroxylation is 1. The lowest BCUT2D eigenvalue weighted by molar-refractivity contribution is 1.15. The summed E-state index contributed by atoms with van der Waals surface area (Å²) in [6.07, 6.45) is 1.04. The maximum Gasteiger partial charge on any atom is 0.00401 e. The Balaban J connectivity index is 2.69. The molecule has 0 bridgehead atoms. The molecule has 0 atom stereocenters. The predicted molar refractivity (Wildman–Crippen MR) is 51.3 cm³/mol. The highest BCUT2D eigenvalue weighted by atomic mass is 32.1. The van der Waals surface area contributed by atoms with Gasteiger partial charge in [-0.05, 0) is 29.9 Å². The van der Waals surface area contributed by atoms with Crippen molar-refractivity contribution in [3.63, 3.8) is 0 Å². The van der Waals surface area contributed by atoms with Gasteiger partial charge >= 0.3 is 0 Å². The zero-order valence-corrected chi connectivity index (χ0v) is 7.41. The van der Waals surface area contributed by atoms with Crippen molar-refractivity contribution in [2.75, 3.05) is 5.75 Å². The Hall–Kier alpha value is -0.0800. The van der Waals surface area contributed by atoms with Crippen LogP contribution in [0.3, 0.4) is 0 Å². The highest BCUT2D eigenvalue weighted by Crippen LogP contribution is 2.08. The van der Waals surface area contributed by atoms with Gasteiger partial charge in [-0.15, -0.1) is 12.6 Å². The summed E-state index contributed by atoms with van der Waals surface area (Å²) < 4.78 is 0. The molecule has 2 heteroatoms. The summed E-state index contributed by atoms with van der Waals surface area (Å²) in [5.74, 6) is 0.909. The summed E-state index contributed by atoms with van der Waals surface area (Å²) in [7, 11) is 0. The van der Waals surface area contributed by atoms with Crippen molar-refractivity contribution in [1.82, 2.24) is 0 Å². The molecule has 1 rings (SSSR count). The molecule has 0 saturated carbocycles. The second kappa shape index (κ2) is 3.94. The van der Waals surface area contributed by atoms with Gasteiger partial charge in [0, 0.05) is 4.90 Å². The minimum atomic E-state index is 0.909. The Labute approximate surface area is 72.5 Å². The van der Waals surface area contributed by atoms with E-state index in [4.69, 9.17) is 0 Å². The van der Waals surface area contributed by atoms with Crippen molar-refractivity contribution in [3.8, 4) is 0 Å². The van der Waals surface area contributed by atoms with Gasteiger partial charge in [0.1, 0.15) is 0 Å². The number of benzene rings is 1. The van der Waals surface area contributed by atoms with Crippen LogP contribution in [0.25, 0.3) is 0 Å². The summed E-state index contributed by atoms with van der Waals surface area (Å²) in [5, 5.41) is 0. The first-order chi connectivity index (χ1) is 4.83. The van der Waals surface area contributed by atoms with Gasteiger partial charge < -0.3 is 0 Å². The molecular formula is C8H10S2. The van der Waals surface area contributed by atoms with Crippen molar-refractivity contribution < 1.29 is 0 Å². The van der Waals surface area contributed by atoms with E-state index in [0.29, 0.717) is 0 Å². The van der Waals surface area contributed by atoms with Crippen LogP contribution in [0.1, 0.15) is 5.56 Å². The van der Waals surface area contributed by atoms with Crippen molar-refractivity contribution in [2.45, 2.75) is 11.3 Å². The van der Waals surface area contributed by atoms with Crippen LogP contribution in [0.4, 0.5) is 0 Å². The molecule has 54 valence electrons. The molecule has 0 radical (unpaired) electrons. The van der Waals surface area contributed by atoms with Gasteiger partial charge in [-0.3, -0.25) is 0 Å². The lowest BCUT2D eigenvalue weighted by Gasteiger charge is -1.96. The average Bonchev–Trinajstić information content (AvgIpc) is 1.95. The number of hydrogen-bond acceptors (Lipinski definition) is 2. The van der Waals surface area contributed by atoms with Gasteiger partial charge in [0.15, 0.2) is 0 Å². The highest BCUT2D eigenvalue weighted by molar-refractivity contribution is 7.80. The zero-order chi connectivity index (χ0) is 7.40. The Morgan fingerprint density at radius 1 is 1.10 bits per heavy atom. The molecule has 0 aliphatic rings. The summed E-state index contributed by atoms with van der Waals surface area (Å²) in [6, 6.07) is 8.17. The molecule has 0 fully saturated rings. The molecule has 10 heavy (non-hydrogen) atoms. The molecule has 1 aromatic carbocycles. The molecule has 0 unspecified atom stereocenters. The summed E-state index contributed by atoms with van der Waals surface area (Å²) >= 11 is 8.32. The van der Waals surface area contributed by atoms with Crippen LogP contribution in [0.2, 0.25) is 0 Å². The normalized spacial score (nSPS) is 9.80. The first kappa shape index (κ1) is 8.02. The largest absolute Gasteiger partial charge is 0.179 e. The van der Waals surface area contributed by atoms with Crippen molar-refractivity contribution in [3.05, 3.63) is 29.8 Å². The molecule has 0 amide bonds. The SMILES string of the molecule is SCCc1ccc(S)cc1. The van der Waals surface area contributed by atoms with E-state index in [1.807, 2.05) is 12.1 Å². The molecule has 0 nitrogen and oxygen atoms in total. The van der Waals surface area contributed by atoms with E-state index in [-0.39, 0.29) is 0 Å². The third-order valence-electron chi connectivity index (χ3n) is 1.34. The molecule has 0 N–H and O–H groups in total. The van der Waals surface area contributed by atoms with Gasteiger partial charge in [0.25, 0.3) is 0 Å². The minimum Gasteiger partial charge on any atom is -0.179 e. The van der Waals surface area contributed by atoms with E-state index >= 15 is 0 Å². The van der Waals surface area contributed by atoms with Crippen molar-refractivity contribution in [1.29, 1.82) is 0 Å². The van der Waals surface area contributed by atoms with Crippen LogP contribution in [-0.4, -0.2) is 5.75 Å². The van der Waals surface area contributed by atoms with E-state index in [9.17, 15) is 0 Å². The highest BCUT2D eigenvalue weighted by Gasteiger charge is 1.88.